The van der Waals surface area contributed by atoms with Gasteiger partial charge in [0.15, 0.2) is 11.0 Å². The van der Waals surface area contributed by atoms with Gasteiger partial charge in [0.25, 0.3) is 5.91 Å². The fraction of sp³-hybridized carbons (Fsp3) is 0.154. The zero-order valence-electron chi connectivity index (χ0n) is 19.3. The third-order valence-corrected chi connectivity index (χ3v) is 6.27. The van der Waals surface area contributed by atoms with Crippen LogP contribution in [0.3, 0.4) is 0 Å². The first-order valence-electron chi connectivity index (χ1n) is 11.0. The summed E-state index contributed by atoms with van der Waals surface area (Å²) in [4.78, 5) is 12.5. The van der Waals surface area contributed by atoms with E-state index < -0.39 is 0 Å². The van der Waals surface area contributed by atoms with Crippen LogP contribution in [0.2, 0.25) is 5.02 Å². The third kappa shape index (κ3) is 6.09. The zero-order valence-corrected chi connectivity index (χ0v) is 20.9. The predicted octanol–water partition coefficient (Wildman–Crippen LogP) is 5.62. The Morgan fingerprint density at radius 2 is 1.74 bits per heavy atom. The summed E-state index contributed by atoms with van der Waals surface area (Å²) in [6, 6.07) is 24.9. The topological polar surface area (TPSA) is 81.4 Å². The molecule has 3 aromatic carbocycles. The van der Waals surface area contributed by atoms with E-state index in [0.717, 1.165) is 22.6 Å². The number of nitrogens with one attached hydrogen (secondary N) is 1. The van der Waals surface area contributed by atoms with E-state index in [2.05, 4.69) is 20.7 Å². The first-order valence-corrected chi connectivity index (χ1v) is 12.4. The number of thioether (sulfide) groups is 1. The molecule has 0 unspecified atom stereocenters. The number of halogens is 1. The van der Waals surface area contributed by atoms with Crippen molar-refractivity contribution < 1.29 is 9.53 Å². The lowest BCUT2D eigenvalue weighted by atomic mass is 10.1. The number of carbonyl (C=O) groups excluding carboxylic acids is 1. The summed E-state index contributed by atoms with van der Waals surface area (Å²) in [6.07, 6.45) is 0. The molecule has 0 spiro atoms. The summed E-state index contributed by atoms with van der Waals surface area (Å²) in [6.45, 7) is 4.33. The number of amides is 1. The smallest absolute Gasteiger partial charge is 0.250 e. The van der Waals surface area contributed by atoms with Gasteiger partial charge in [0.1, 0.15) is 5.75 Å². The number of hydrogen-bond donors (Lipinski definition) is 1. The van der Waals surface area contributed by atoms with Gasteiger partial charge in [-0.1, -0.05) is 71.9 Å². The molecule has 0 fully saturated rings. The number of benzene rings is 3. The second-order valence-corrected chi connectivity index (χ2v) is 8.78. The number of nitrogens with zero attached hydrogens (tertiary/aromatic N) is 4. The Labute approximate surface area is 213 Å². The van der Waals surface area contributed by atoms with E-state index in [4.69, 9.17) is 16.3 Å². The summed E-state index contributed by atoms with van der Waals surface area (Å²) in [5.41, 5.74) is 5.77. The Balaban J connectivity index is 1.53. The second-order valence-electron chi connectivity index (χ2n) is 7.44. The van der Waals surface area contributed by atoms with Crippen molar-refractivity contribution in [1.82, 2.24) is 20.2 Å². The Hall–Kier alpha value is -3.62. The van der Waals surface area contributed by atoms with Gasteiger partial charge in [-0.3, -0.25) is 9.36 Å². The summed E-state index contributed by atoms with van der Waals surface area (Å²) in [7, 11) is 0. The summed E-state index contributed by atoms with van der Waals surface area (Å²) >= 11 is 7.49. The van der Waals surface area contributed by atoms with Crippen LogP contribution in [-0.2, 0) is 4.79 Å². The van der Waals surface area contributed by atoms with Crippen LogP contribution >= 0.6 is 23.4 Å². The van der Waals surface area contributed by atoms with Crippen molar-refractivity contribution in [2.24, 2.45) is 5.10 Å². The maximum Gasteiger partial charge on any atom is 0.250 e. The SMILES string of the molecule is CCOc1ccc(-n2c(SCC(=O)N/N=C(/C)c3ccccc3Cl)nnc2-c2ccccc2)cc1. The van der Waals surface area contributed by atoms with Crippen LogP contribution in [0.4, 0.5) is 0 Å². The molecule has 4 rings (SSSR count). The fourth-order valence-electron chi connectivity index (χ4n) is 3.35. The molecule has 0 atom stereocenters. The van der Waals surface area contributed by atoms with Gasteiger partial charge in [-0.25, -0.2) is 5.43 Å². The van der Waals surface area contributed by atoms with Crippen molar-refractivity contribution in [2.45, 2.75) is 19.0 Å². The van der Waals surface area contributed by atoms with E-state index >= 15 is 0 Å². The molecule has 1 heterocycles. The lowest BCUT2D eigenvalue weighted by Gasteiger charge is -2.11. The standard InChI is InChI=1S/C26H24ClN5O2S/c1-3-34-21-15-13-20(14-16-21)32-25(19-9-5-4-6-10-19)30-31-26(32)35-17-24(33)29-28-18(2)22-11-7-8-12-23(22)27/h4-16H,3,17H2,1-2H3,(H,29,33)/b28-18-. The number of hydrazone groups is 1. The van der Waals surface area contributed by atoms with Gasteiger partial charge in [0, 0.05) is 21.8 Å². The molecule has 178 valence electrons. The van der Waals surface area contributed by atoms with Gasteiger partial charge >= 0.3 is 0 Å². The van der Waals surface area contributed by atoms with Crippen molar-refractivity contribution in [2.75, 3.05) is 12.4 Å². The van der Waals surface area contributed by atoms with E-state index in [1.54, 1.807) is 13.0 Å². The molecule has 1 amide bonds. The Morgan fingerprint density at radius 3 is 2.46 bits per heavy atom. The lowest BCUT2D eigenvalue weighted by molar-refractivity contribution is -0.118. The van der Waals surface area contributed by atoms with E-state index in [1.807, 2.05) is 84.3 Å². The molecule has 35 heavy (non-hydrogen) atoms. The molecule has 0 aliphatic rings. The largest absolute Gasteiger partial charge is 0.494 e. The molecule has 1 N–H and O–H groups in total. The molecule has 0 saturated heterocycles. The highest BCUT2D eigenvalue weighted by molar-refractivity contribution is 7.99. The highest BCUT2D eigenvalue weighted by Gasteiger charge is 2.17. The maximum absolute atomic E-state index is 12.5. The molecule has 9 heteroatoms. The maximum atomic E-state index is 12.5. The first-order chi connectivity index (χ1) is 17.1. The highest BCUT2D eigenvalue weighted by atomic mass is 35.5. The van der Waals surface area contributed by atoms with Crippen LogP contribution in [0.25, 0.3) is 17.1 Å². The Kier molecular flexibility index (Phi) is 8.18. The van der Waals surface area contributed by atoms with Crippen molar-refractivity contribution in [3.8, 4) is 22.8 Å². The summed E-state index contributed by atoms with van der Waals surface area (Å²) in [5.74, 6) is 1.32. The van der Waals surface area contributed by atoms with Crippen LogP contribution in [0.15, 0.2) is 89.1 Å². The van der Waals surface area contributed by atoms with Crippen molar-refractivity contribution >= 4 is 35.0 Å². The van der Waals surface area contributed by atoms with Gasteiger partial charge in [-0.05, 0) is 44.2 Å². The minimum atomic E-state index is -0.260. The molecule has 0 aliphatic carbocycles. The van der Waals surface area contributed by atoms with Gasteiger partial charge < -0.3 is 4.74 Å². The van der Waals surface area contributed by atoms with E-state index in [9.17, 15) is 4.79 Å². The molecule has 0 saturated carbocycles. The average Bonchev–Trinajstić information content (AvgIpc) is 3.31. The van der Waals surface area contributed by atoms with Crippen LogP contribution in [0.5, 0.6) is 5.75 Å². The third-order valence-electron chi connectivity index (χ3n) is 5.02. The molecular weight excluding hydrogens is 482 g/mol. The molecular formula is C26H24ClN5O2S. The second kappa shape index (κ2) is 11.7. The normalized spacial score (nSPS) is 11.3. The zero-order chi connectivity index (χ0) is 24.6. The van der Waals surface area contributed by atoms with Crippen LogP contribution < -0.4 is 10.2 Å². The van der Waals surface area contributed by atoms with Crippen molar-refractivity contribution in [3.05, 3.63) is 89.4 Å². The van der Waals surface area contributed by atoms with Crippen molar-refractivity contribution in [1.29, 1.82) is 0 Å². The number of ether oxygens (including phenoxy) is 1. The molecule has 1 aromatic heterocycles. The van der Waals surface area contributed by atoms with Gasteiger partial charge in [0.2, 0.25) is 0 Å². The number of carbonyl (C=O) groups is 1. The fourth-order valence-corrected chi connectivity index (χ4v) is 4.37. The average molecular weight is 506 g/mol. The van der Waals surface area contributed by atoms with Gasteiger partial charge in [-0.15, -0.1) is 10.2 Å². The Bertz CT molecular complexity index is 1320. The van der Waals surface area contributed by atoms with E-state index in [-0.39, 0.29) is 11.7 Å². The monoisotopic (exact) mass is 505 g/mol. The van der Waals surface area contributed by atoms with Crippen LogP contribution in [0.1, 0.15) is 19.4 Å². The summed E-state index contributed by atoms with van der Waals surface area (Å²) in [5, 5.41) is 14.1. The minimum absolute atomic E-state index is 0.114. The Morgan fingerprint density at radius 1 is 1.03 bits per heavy atom. The van der Waals surface area contributed by atoms with Crippen LogP contribution in [0, 0.1) is 0 Å². The minimum Gasteiger partial charge on any atom is -0.494 e. The predicted molar refractivity (Wildman–Crippen MR) is 140 cm³/mol. The molecule has 0 radical (unpaired) electrons. The summed E-state index contributed by atoms with van der Waals surface area (Å²) < 4.78 is 7.50. The number of hydrogen-bond acceptors (Lipinski definition) is 6. The van der Waals surface area contributed by atoms with Crippen LogP contribution in [-0.4, -0.2) is 38.7 Å². The lowest BCUT2D eigenvalue weighted by Crippen LogP contribution is -2.21. The molecule has 0 bridgehead atoms. The molecule has 7 nitrogen and oxygen atoms in total. The van der Waals surface area contributed by atoms with E-state index in [1.165, 1.54) is 11.8 Å². The van der Waals surface area contributed by atoms with Crippen molar-refractivity contribution in [3.63, 3.8) is 0 Å². The van der Waals surface area contributed by atoms with E-state index in [0.29, 0.717) is 28.3 Å². The van der Waals surface area contributed by atoms with Gasteiger partial charge in [-0.2, -0.15) is 5.10 Å². The quantitative estimate of drug-likeness (QED) is 0.181. The number of aromatic nitrogens is 3. The highest BCUT2D eigenvalue weighted by Crippen LogP contribution is 2.28. The van der Waals surface area contributed by atoms with Gasteiger partial charge in [0.05, 0.1) is 18.1 Å². The molecule has 0 aliphatic heterocycles. The first kappa shape index (κ1) is 24.5. The number of rotatable bonds is 9. The molecule has 4 aromatic rings.